The Bertz CT molecular complexity index is 588. The molecule has 0 heterocycles. The maximum absolute atomic E-state index is 12.3. The summed E-state index contributed by atoms with van der Waals surface area (Å²) in [6, 6.07) is 11.5. The molecular weight excluding hydrogens is 240 g/mol. The predicted octanol–water partition coefficient (Wildman–Crippen LogP) is 3.28. The zero-order valence-corrected chi connectivity index (χ0v) is 10.8. The van der Waals surface area contributed by atoms with E-state index in [0.717, 1.165) is 6.42 Å². The van der Waals surface area contributed by atoms with Crippen LogP contribution in [-0.4, -0.2) is 16.0 Å². The van der Waals surface area contributed by atoms with Crippen molar-refractivity contribution >= 4 is 5.78 Å². The Hall–Kier alpha value is -2.29. The molecule has 2 N–H and O–H groups in total. The summed E-state index contributed by atoms with van der Waals surface area (Å²) in [7, 11) is 0. The molecule has 98 valence electrons. The Morgan fingerprint density at radius 1 is 1.11 bits per heavy atom. The Kier molecular flexibility index (Phi) is 3.85. The number of carbonyl (C=O) groups excluding carboxylic acids is 1. The molecule has 0 atom stereocenters. The summed E-state index contributed by atoms with van der Waals surface area (Å²) in [4.78, 5) is 12.3. The summed E-state index contributed by atoms with van der Waals surface area (Å²) in [6.07, 6.45) is 1.45. The van der Waals surface area contributed by atoms with E-state index in [9.17, 15) is 15.0 Å². The van der Waals surface area contributed by atoms with Crippen LogP contribution in [0.1, 0.15) is 34.8 Å². The molecule has 3 nitrogen and oxygen atoms in total. The van der Waals surface area contributed by atoms with Crippen LogP contribution in [0.5, 0.6) is 11.5 Å². The highest BCUT2D eigenvalue weighted by atomic mass is 16.3. The van der Waals surface area contributed by atoms with Gasteiger partial charge in [-0.3, -0.25) is 4.79 Å². The highest BCUT2D eigenvalue weighted by molar-refractivity contribution is 6.11. The van der Waals surface area contributed by atoms with Gasteiger partial charge in [-0.2, -0.15) is 0 Å². The Morgan fingerprint density at radius 2 is 1.79 bits per heavy atom. The summed E-state index contributed by atoms with van der Waals surface area (Å²) in [5.41, 5.74) is 1.24. The molecule has 0 amide bonds. The van der Waals surface area contributed by atoms with Crippen LogP contribution in [0.3, 0.4) is 0 Å². The third-order valence-corrected chi connectivity index (χ3v) is 2.97. The lowest BCUT2D eigenvalue weighted by atomic mass is 9.98. The third kappa shape index (κ3) is 2.76. The Labute approximate surface area is 112 Å². The van der Waals surface area contributed by atoms with E-state index >= 15 is 0 Å². The number of benzene rings is 2. The van der Waals surface area contributed by atoms with E-state index in [1.54, 1.807) is 24.3 Å². The average molecular weight is 256 g/mol. The molecule has 0 bridgehead atoms. The van der Waals surface area contributed by atoms with E-state index in [0.29, 0.717) is 17.5 Å². The number of carbonyl (C=O) groups is 1. The van der Waals surface area contributed by atoms with Gasteiger partial charge in [-0.25, -0.2) is 0 Å². The molecule has 2 aromatic carbocycles. The van der Waals surface area contributed by atoms with Crippen molar-refractivity contribution in [3.8, 4) is 11.5 Å². The van der Waals surface area contributed by atoms with Crippen LogP contribution < -0.4 is 0 Å². The van der Waals surface area contributed by atoms with Crippen LogP contribution in [0.25, 0.3) is 0 Å². The first-order chi connectivity index (χ1) is 9.13. The molecule has 0 unspecified atom stereocenters. The van der Waals surface area contributed by atoms with E-state index in [2.05, 4.69) is 0 Å². The van der Waals surface area contributed by atoms with E-state index < -0.39 is 0 Å². The van der Waals surface area contributed by atoms with Crippen molar-refractivity contribution in [2.24, 2.45) is 0 Å². The second kappa shape index (κ2) is 5.57. The van der Waals surface area contributed by atoms with Crippen LogP contribution in [-0.2, 0) is 6.42 Å². The molecule has 0 fully saturated rings. The lowest BCUT2D eigenvalue weighted by Crippen LogP contribution is -2.03. The molecule has 0 aromatic heterocycles. The number of ketones is 1. The summed E-state index contributed by atoms with van der Waals surface area (Å²) < 4.78 is 0. The van der Waals surface area contributed by atoms with E-state index in [1.807, 2.05) is 13.0 Å². The van der Waals surface area contributed by atoms with Gasteiger partial charge in [0.15, 0.2) is 5.78 Å². The van der Waals surface area contributed by atoms with Gasteiger partial charge >= 0.3 is 0 Å². The van der Waals surface area contributed by atoms with Crippen molar-refractivity contribution in [1.29, 1.82) is 0 Å². The smallest absolute Gasteiger partial charge is 0.196 e. The summed E-state index contributed by atoms with van der Waals surface area (Å²) in [5, 5.41) is 19.8. The number of hydrogen-bond donors (Lipinski definition) is 2. The normalized spacial score (nSPS) is 10.4. The van der Waals surface area contributed by atoms with Gasteiger partial charge in [0.1, 0.15) is 11.5 Å². The Morgan fingerprint density at radius 3 is 2.42 bits per heavy atom. The largest absolute Gasteiger partial charge is 0.508 e. The van der Waals surface area contributed by atoms with Crippen LogP contribution in [0.2, 0.25) is 0 Å². The van der Waals surface area contributed by atoms with Crippen LogP contribution in [0.4, 0.5) is 0 Å². The molecule has 2 aromatic rings. The van der Waals surface area contributed by atoms with Crippen molar-refractivity contribution in [3.63, 3.8) is 0 Å². The summed E-state index contributed by atoms with van der Waals surface area (Å²) in [5.74, 6) is -0.319. The molecule has 0 spiro atoms. The van der Waals surface area contributed by atoms with Crippen molar-refractivity contribution in [3.05, 3.63) is 59.2 Å². The van der Waals surface area contributed by atoms with Crippen molar-refractivity contribution in [2.45, 2.75) is 19.8 Å². The second-order valence-electron chi connectivity index (χ2n) is 4.45. The maximum atomic E-state index is 12.3. The fraction of sp³-hybridized carbons (Fsp3) is 0.188. The van der Waals surface area contributed by atoms with Crippen molar-refractivity contribution < 1.29 is 15.0 Å². The molecule has 0 aliphatic heterocycles. The van der Waals surface area contributed by atoms with Crippen LogP contribution in [0, 0.1) is 0 Å². The number of aromatic hydroxyl groups is 2. The van der Waals surface area contributed by atoms with Gasteiger partial charge in [-0.05, 0) is 24.1 Å². The number of aryl methyl sites for hydroxylation is 1. The molecule has 0 saturated heterocycles. The van der Waals surface area contributed by atoms with Gasteiger partial charge in [0.05, 0.1) is 5.56 Å². The summed E-state index contributed by atoms with van der Waals surface area (Å²) in [6.45, 7) is 1.97. The van der Waals surface area contributed by atoms with Crippen molar-refractivity contribution in [2.75, 3.05) is 0 Å². The molecule has 0 radical (unpaired) electrons. The van der Waals surface area contributed by atoms with Gasteiger partial charge in [0.25, 0.3) is 0 Å². The number of phenols is 2. The maximum Gasteiger partial charge on any atom is 0.196 e. The fourth-order valence-electron chi connectivity index (χ4n) is 2.06. The first kappa shape index (κ1) is 13.1. The first-order valence-electron chi connectivity index (χ1n) is 6.28. The highest BCUT2D eigenvalue weighted by Crippen LogP contribution is 2.30. The van der Waals surface area contributed by atoms with Crippen LogP contribution >= 0.6 is 0 Å². The molecule has 0 aliphatic rings. The molecule has 3 heteroatoms. The standard InChI is InChI=1S/C16H16O3/c1-2-6-12-9-13(17)10-14(16(12)19)15(18)11-7-4-3-5-8-11/h3-5,7-10,17,19H,2,6H2,1H3. The Balaban J connectivity index is 2.48. The predicted molar refractivity (Wildman–Crippen MR) is 73.6 cm³/mol. The lowest BCUT2D eigenvalue weighted by molar-refractivity contribution is 0.103. The average Bonchev–Trinajstić information content (AvgIpc) is 2.43. The molecule has 0 aliphatic carbocycles. The quantitative estimate of drug-likeness (QED) is 0.652. The monoisotopic (exact) mass is 256 g/mol. The second-order valence-corrected chi connectivity index (χ2v) is 4.45. The van der Waals surface area contributed by atoms with Gasteiger partial charge < -0.3 is 10.2 Å². The highest BCUT2D eigenvalue weighted by Gasteiger charge is 2.17. The van der Waals surface area contributed by atoms with Crippen molar-refractivity contribution in [1.82, 2.24) is 0 Å². The molecule has 19 heavy (non-hydrogen) atoms. The third-order valence-electron chi connectivity index (χ3n) is 2.97. The zero-order chi connectivity index (χ0) is 13.8. The number of hydrogen-bond acceptors (Lipinski definition) is 3. The van der Waals surface area contributed by atoms with Crippen LogP contribution in [0.15, 0.2) is 42.5 Å². The minimum atomic E-state index is -0.286. The minimum absolute atomic E-state index is 0.000492. The molecular formula is C16H16O3. The SMILES string of the molecule is CCCc1cc(O)cc(C(=O)c2ccccc2)c1O. The molecule has 2 rings (SSSR count). The summed E-state index contributed by atoms with van der Waals surface area (Å²) >= 11 is 0. The van der Waals surface area contributed by atoms with Gasteiger partial charge in [0, 0.05) is 5.56 Å². The number of rotatable bonds is 4. The number of phenolic OH excluding ortho intramolecular Hbond substituents is 2. The van der Waals surface area contributed by atoms with Gasteiger partial charge in [0.2, 0.25) is 0 Å². The van der Waals surface area contributed by atoms with Gasteiger partial charge in [-0.1, -0.05) is 43.7 Å². The van der Waals surface area contributed by atoms with E-state index in [-0.39, 0.29) is 22.8 Å². The topological polar surface area (TPSA) is 57.5 Å². The molecule has 0 saturated carbocycles. The zero-order valence-electron chi connectivity index (χ0n) is 10.8. The van der Waals surface area contributed by atoms with E-state index in [4.69, 9.17) is 0 Å². The van der Waals surface area contributed by atoms with E-state index in [1.165, 1.54) is 12.1 Å². The lowest BCUT2D eigenvalue weighted by Gasteiger charge is -2.09. The minimum Gasteiger partial charge on any atom is -0.508 e. The van der Waals surface area contributed by atoms with Gasteiger partial charge in [-0.15, -0.1) is 0 Å². The fourth-order valence-corrected chi connectivity index (χ4v) is 2.06. The first-order valence-corrected chi connectivity index (χ1v) is 6.28.